The maximum atomic E-state index is 12.2. The Hall–Kier alpha value is -1.44. The Bertz CT molecular complexity index is 687. The van der Waals surface area contributed by atoms with Crippen LogP contribution in [0.5, 0.6) is 0 Å². The normalized spacial score (nSPS) is 10.6. The fraction of sp³-hybridized carbons (Fsp3) is 0.0769. The Morgan fingerprint density at radius 1 is 1.15 bits per heavy atom. The lowest BCUT2D eigenvalue weighted by molar-refractivity contribution is 0.483. The summed E-state index contributed by atoms with van der Waals surface area (Å²) in [6, 6.07) is 10.2. The molecule has 0 aliphatic carbocycles. The van der Waals surface area contributed by atoms with Gasteiger partial charge in [0.15, 0.2) is 0 Å². The third-order valence-electron chi connectivity index (χ3n) is 2.28. The number of hydrogen-bond acceptors (Lipinski definition) is 3. The lowest BCUT2D eigenvalue weighted by atomic mass is 10.2. The Labute approximate surface area is 125 Å². The van der Waals surface area contributed by atoms with E-state index in [2.05, 4.69) is 15.9 Å². The van der Waals surface area contributed by atoms with Gasteiger partial charge in [0.2, 0.25) is 0 Å². The van der Waals surface area contributed by atoms with Crippen molar-refractivity contribution < 1.29 is 17.4 Å². The second-order valence-corrected chi connectivity index (χ2v) is 6.23. The molecular weight excluding hydrogens is 349 g/mol. The van der Waals surface area contributed by atoms with Crippen LogP contribution in [-0.2, 0) is 10.1 Å². The maximum Gasteiger partial charge on any atom is 0.294 e. The number of benzene rings is 2. The molecule has 0 aliphatic rings. The molecule has 7 heteroatoms. The van der Waals surface area contributed by atoms with E-state index in [4.69, 9.17) is 10.3 Å². The molecule has 0 atom stereocenters. The third-order valence-corrected chi connectivity index (χ3v) is 3.87. The highest BCUT2D eigenvalue weighted by atomic mass is 79.9. The van der Waals surface area contributed by atoms with E-state index in [1.54, 1.807) is 18.2 Å². The molecule has 0 heterocycles. The minimum atomic E-state index is -4.02. The van der Waals surface area contributed by atoms with Crippen LogP contribution in [0.4, 0.5) is 10.1 Å². The van der Waals surface area contributed by atoms with Crippen molar-refractivity contribution in [2.45, 2.75) is 11.8 Å². The lowest BCUT2D eigenvalue weighted by Gasteiger charge is -1.95. The van der Waals surface area contributed by atoms with Crippen molar-refractivity contribution in [3.05, 3.63) is 58.3 Å². The van der Waals surface area contributed by atoms with Gasteiger partial charge in [-0.1, -0.05) is 17.7 Å². The van der Waals surface area contributed by atoms with E-state index in [0.29, 0.717) is 5.69 Å². The van der Waals surface area contributed by atoms with Crippen LogP contribution in [0, 0.1) is 12.7 Å². The molecule has 0 amide bonds. The van der Waals surface area contributed by atoms with Gasteiger partial charge < -0.3 is 5.73 Å². The number of hydrogen-bond donors (Lipinski definition) is 2. The summed E-state index contributed by atoms with van der Waals surface area (Å²) in [5.41, 5.74) is 6.72. The molecule has 0 unspecified atom stereocenters. The second kappa shape index (κ2) is 6.83. The Morgan fingerprint density at radius 3 is 2.10 bits per heavy atom. The number of aryl methyl sites for hydroxylation is 1. The van der Waals surface area contributed by atoms with Gasteiger partial charge in [-0.15, -0.1) is 0 Å². The van der Waals surface area contributed by atoms with Crippen LogP contribution in [0.3, 0.4) is 0 Å². The fourth-order valence-electron chi connectivity index (χ4n) is 1.22. The van der Waals surface area contributed by atoms with Crippen molar-refractivity contribution in [1.82, 2.24) is 0 Å². The van der Waals surface area contributed by atoms with Gasteiger partial charge in [-0.05, 0) is 53.2 Å². The molecule has 0 saturated heterocycles. The van der Waals surface area contributed by atoms with Crippen LogP contribution in [-0.4, -0.2) is 13.0 Å². The molecule has 0 fully saturated rings. The quantitative estimate of drug-likeness (QED) is 0.602. The molecule has 4 nitrogen and oxygen atoms in total. The SMILES string of the molecule is Cc1ccc(S(=O)(=O)O)cc1.Nc1cc(F)ccc1Br. The third kappa shape index (κ3) is 5.28. The number of nitrogens with two attached hydrogens (primary N) is 1. The van der Waals surface area contributed by atoms with Crippen molar-refractivity contribution in [3.8, 4) is 0 Å². The van der Waals surface area contributed by atoms with Crippen molar-refractivity contribution in [2.75, 3.05) is 5.73 Å². The van der Waals surface area contributed by atoms with E-state index in [-0.39, 0.29) is 10.7 Å². The van der Waals surface area contributed by atoms with Crippen molar-refractivity contribution in [1.29, 1.82) is 0 Å². The monoisotopic (exact) mass is 361 g/mol. The van der Waals surface area contributed by atoms with Crippen molar-refractivity contribution in [3.63, 3.8) is 0 Å². The van der Waals surface area contributed by atoms with E-state index < -0.39 is 10.1 Å². The van der Waals surface area contributed by atoms with Crippen LogP contribution in [0.2, 0.25) is 0 Å². The Balaban J connectivity index is 0.000000204. The van der Waals surface area contributed by atoms with Gasteiger partial charge in [0, 0.05) is 10.2 Å². The van der Waals surface area contributed by atoms with Gasteiger partial charge in [-0.2, -0.15) is 8.42 Å². The molecule has 2 aromatic carbocycles. The molecule has 0 aliphatic heterocycles. The number of nitrogen functional groups attached to an aromatic ring is 1. The highest BCUT2D eigenvalue weighted by Gasteiger charge is 2.06. The predicted molar refractivity (Wildman–Crippen MR) is 79.5 cm³/mol. The Kier molecular flexibility index (Phi) is 5.67. The highest BCUT2D eigenvalue weighted by Crippen LogP contribution is 2.18. The van der Waals surface area contributed by atoms with Gasteiger partial charge >= 0.3 is 0 Å². The number of rotatable bonds is 1. The molecule has 3 N–H and O–H groups in total. The van der Waals surface area contributed by atoms with E-state index >= 15 is 0 Å². The zero-order chi connectivity index (χ0) is 15.3. The summed E-state index contributed by atoms with van der Waals surface area (Å²) in [4.78, 5) is -0.0666. The summed E-state index contributed by atoms with van der Waals surface area (Å²) in [7, 11) is -4.02. The van der Waals surface area contributed by atoms with Gasteiger partial charge in [-0.3, -0.25) is 4.55 Å². The van der Waals surface area contributed by atoms with Crippen molar-refractivity contribution in [2.24, 2.45) is 0 Å². The van der Waals surface area contributed by atoms with E-state index in [9.17, 15) is 12.8 Å². The first-order chi connectivity index (χ1) is 9.20. The molecule has 0 saturated carbocycles. The molecule has 0 aromatic heterocycles. The molecular formula is C13H13BrFNO3S. The van der Waals surface area contributed by atoms with E-state index in [1.807, 2.05) is 6.92 Å². The summed E-state index contributed by atoms with van der Waals surface area (Å²) in [6.45, 7) is 1.84. The minimum absolute atomic E-state index is 0.0666. The maximum absolute atomic E-state index is 12.2. The van der Waals surface area contributed by atoms with Crippen LogP contribution < -0.4 is 5.73 Å². The van der Waals surface area contributed by atoms with Crippen LogP contribution in [0.15, 0.2) is 51.8 Å². The first kappa shape index (κ1) is 16.6. The van der Waals surface area contributed by atoms with Crippen LogP contribution in [0.1, 0.15) is 5.56 Å². The molecule has 2 aromatic rings. The summed E-state index contributed by atoms with van der Waals surface area (Å²) < 4.78 is 42.5. The van der Waals surface area contributed by atoms with Crippen LogP contribution in [0.25, 0.3) is 0 Å². The first-order valence-corrected chi connectivity index (χ1v) is 7.68. The first-order valence-electron chi connectivity index (χ1n) is 5.45. The summed E-state index contributed by atoms with van der Waals surface area (Å²) in [5.74, 6) is -0.310. The zero-order valence-electron chi connectivity index (χ0n) is 10.5. The fourth-order valence-corrected chi connectivity index (χ4v) is 1.95. The molecule has 108 valence electrons. The van der Waals surface area contributed by atoms with Gasteiger partial charge in [0.25, 0.3) is 10.1 Å². The standard InChI is InChI=1S/C7H8O3S.C6H5BrFN/c1-6-2-4-7(5-3-6)11(8,9)10;7-5-2-1-4(8)3-6(5)9/h2-5H,1H3,(H,8,9,10);1-3H,9H2. The Morgan fingerprint density at radius 2 is 1.70 bits per heavy atom. The van der Waals surface area contributed by atoms with E-state index in [0.717, 1.165) is 10.0 Å². The highest BCUT2D eigenvalue weighted by molar-refractivity contribution is 9.10. The summed E-state index contributed by atoms with van der Waals surface area (Å²) in [6.07, 6.45) is 0. The topological polar surface area (TPSA) is 80.4 Å². The number of halogens is 2. The summed E-state index contributed by atoms with van der Waals surface area (Å²) >= 11 is 3.14. The largest absolute Gasteiger partial charge is 0.398 e. The predicted octanol–water partition coefficient (Wildman–Crippen LogP) is 3.41. The second-order valence-electron chi connectivity index (χ2n) is 3.95. The number of anilines is 1. The van der Waals surface area contributed by atoms with Crippen LogP contribution >= 0.6 is 15.9 Å². The summed E-state index contributed by atoms with van der Waals surface area (Å²) in [5, 5.41) is 0. The van der Waals surface area contributed by atoms with E-state index in [1.165, 1.54) is 24.3 Å². The van der Waals surface area contributed by atoms with Crippen molar-refractivity contribution >= 4 is 31.7 Å². The minimum Gasteiger partial charge on any atom is -0.398 e. The molecule has 0 radical (unpaired) electrons. The lowest BCUT2D eigenvalue weighted by Crippen LogP contribution is -1.96. The molecule has 0 spiro atoms. The average molecular weight is 362 g/mol. The van der Waals surface area contributed by atoms with Gasteiger partial charge in [-0.25, -0.2) is 4.39 Å². The average Bonchev–Trinajstić information content (AvgIpc) is 2.34. The zero-order valence-corrected chi connectivity index (χ0v) is 12.9. The molecule has 0 bridgehead atoms. The smallest absolute Gasteiger partial charge is 0.294 e. The van der Waals surface area contributed by atoms with Gasteiger partial charge in [0.05, 0.1) is 4.90 Å². The van der Waals surface area contributed by atoms with Gasteiger partial charge in [0.1, 0.15) is 5.82 Å². The molecule has 2 rings (SSSR count). The molecule has 20 heavy (non-hydrogen) atoms.